The lowest BCUT2D eigenvalue weighted by Crippen LogP contribution is -2.07. The molecular formula is C29H35N3. The van der Waals surface area contributed by atoms with Gasteiger partial charge in [-0.05, 0) is 92.1 Å². The lowest BCUT2D eigenvalue weighted by atomic mass is 9.86. The molecule has 1 heterocycles. The van der Waals surface area contributed by atoms with Crippen molar-refractivity contribution >= 4 is 27.7 Å². The van der Waals surface area contributed by atoms with Gasteiger partial charge in [-0.3, -0.25) is 4.98 Å². The van der Waals surface area contributed by atoms with Gasteiger partial charge in [-0.2, -0.15) is 0 Å². The highest BCUT2D eigenvalue weighted by atomic mass is 14.9. The first-order valence-electron chi connectivity index (χ1n) is 12.0. The zero-order chi connectivity index (χ0) is 22.3. The van der Waals surface area contributed by atoms with Crippen LogP contribution in [0.15, 0.2) is 67.0 Å². The van der Waals surface area contributed by atoms with Gasteiger partial charge in [0.2, 0.25) is 0 Å². The Hall–Kier alpha value is -3.07. The van der Waals surface area contributed by atoms with Crippen molar-refractivity contribution in [1.82, 2.24) is 10.3 Å². The Morgan fingerprint density at radius 1 is 0.969 bits per heavy atom. The van der Waals surface area contributed by atoms with Crippen molar-refractivity contribution in [2.75, 3.05) is 11.9 Å². The summed E-state index contributed by atoms with van der Waals surface area (Å²) in [4.78, 5) is 4.71. The summed E-state index contributed by atoms with van der Waals surface area (Å²) in [6, 6.07) is 17.7. The van der Waals surface area contributed by atoms with Crippen molar-refractivity contribution in [2.45, 2.75) is 58.8 Å². The average molecular weight is 426 g/mol. The summed E-state index contributed by atoms with van der Waals surface area (Å²) >= 11 is 0. The van der Waals surface area contributed by atoms with E-state index in [2.05, 4.69) is 92.2 Å². The SMILES string of the molecule is C/C=C(\Nc1ccc2ccc(/C(C)=C/NCC)cc2c1)c1ccnc(C2CCCCC2)c1. The number of nitrogens with zero attached hydrogens (tertiary/aromatic N) is 1. The van der Waals surface area contributed by atoms with Crippen LogP contribution in [0.4, 0.5) is 5.69 Å². The van der Waals surface area contributed by atoms with E-state index in [4.69, 9.17) is 4.98 Å². The van der Waals surface area contributed by atoms with E-state index in [0.717, 1.165) is 17.9 Å². The third-order valence-electron chi connectivity index (χ3n) is 6.50. The lowest BCUT2D eigenvalue weighted by molar-refractivity contribution is 0.436. The number of pyridine rings is 1. The number of nitrogens with one attached hydrogen (secondary N) is 2. The second-order valence-corrected chi connectivity index (χ2v) is 8.79. The van der Waals surface area contributed by atoms with Gasteiger partial charge in [-0.15, -0.1) is 0 Å². The van der Waals surface area contributed by atoms with Gasteiger partial charge in [0.15, 0.2) is 0 Å². The molecule has 1 aromatic heterocycles. The van der Waals surface area contributed by atoms with Gasteiger partial charge in [0.05, 0.1) is 0 Å². The number of hydrogen-bond donors (Lipinski definition) is 2. The molecule has 0 aliphatic heterocycles. The minimum atomic E-state index is 0.611. The van der Waals surface area contributed by atoms with E-state index in [1.165, 1.54) is 65.3 Å². The molecule has 166 valence electrons. The molecule has 2 aromatic carbocycles. The topological polar surface area (TPSA) is 37.0 Å². The summed E-state index contributed by atoms with van der Waals surface area (Å²) in [5.41, 5.74) is 7.17. The number of fused-ring (bicyclic) bond motifs is 1. The minimum absolute atomic E-state index is 0.611. The fourth-order valence-electron chi connectivity index (χ4n) is 4.61. The van der Waals surface area contributed by atoms with Crippen molar-refractivity contribution in [3.63, 3.8) is 0 Å². The maximum absolute atomic E-state index is 4.71. The molecule has 0 saturated heterocycles. The molecule has 4 rings (SSSR count). The van der Waals surface area contributed by atoms with E-state index < -0.39 is 0 Å². The van der Waals surface area contributed by atoms with E-state index in [1.54, 1.807) is 0 Å². The number of allylic oxidation sites excluding steroid dienone is 2. The Balaban J connectivity index is 1.57. The second kappa shape index (κ2) is 10.5. The van der Waals surface area contributed by atoms with E-state index in [1.807, 2.05) is 6.20 Å². The second-order valence-electron chi connectivity index (χ2n) is 8.79. The number of anilines is 1. The quantitative estimate of drug-likeness (QED) is 0.407. The highest BCUT2D eigenvalue weighted by Crippen LogP contribution is 2.33. The van der Waals surface area contributed by atoms with Gasteiger partial charge in [0.25, 0.3) is 0 Å². The Labute approximate surface area is 192 Å². The molecule has 2 N–H and O–H groups in total. The standard InChI is InChI=1S/C29H35N3/c1-4-28(25-15-16-31-29(19-25)23-9-7-6-8-10-23)32-27-14-13-22-11-12-24(17-26(22)18-27)21(3)20-30-5-2/h4,11-20,23,30,32H,5-10H2,1-3H3/b21-20+,28-4-. The number of aromatic nitrogens is 1. The molecular weight excluding hydrogens is 390 g/mol. The first-order valence-corrected chi connectivity index (χ1v) is 12.0. The highest BCUT2D eigenvalue weighted by molar-refractivity contribution is 5.90. The molecule has 1 aliphatic rings. The fourth-order valence-corrected chi connectivity index (χ4v) is 4.61. The van der Waals surface area contributed by atoms with Gasteiger partial charge < -0.3 is 10.6 Å². The summed E-state index contributed by atoms with van der Waals surface area (Å²) in [5, 5.41) is 9.45. The number of hydrogen-bond acceptors (Lipinski definition) is 3. The molecule has 1 aliphatic carbocycles. The van der Waals surface area contributed by atoms with Crippen LogP contribution in [0.25, 0.3) is 22.0 Å². The summed E-state index contributed by atoms with van der Waals surface area (Å²) in [5.74, 6) is 0.611. The third kappa shape index (κ3) is 5.21. The monoisotopic (exact) mass is 425 g/mol. The summed E-state index contributed by atoms with van der Waals surface area (Å²) in [6.45, 7) is 7.29. The van der Waals surface area contributed by atoms with Crippen LogP contribution in [0, 0.1) is 0 Å². The van der Waals surface area contributed by atoms with E-state index in [-0.39, 0.29) is 0 Å². The zero-order valence-corrected chi connectivity index (χ0v) is 19.6. The highest BCUT2D eigenvalue weighted by Gasteiger charge is 2.17. The molecule has 0 amide bonds. The number of rotatable bonds is 7. The molecule has 1 saturated carbocycles. The Bertz CT molecular complexity index is 1120. The van der Waals surface area contributed by atoms with Gasteiger partial charge in [-0.1, -0.05) is 43.5 Å². The Morgan fingerprint density at radius 2 is 1.78 bits per heavy atom. The molecule has 3 aromatic rings. The van der Waals surface area contributed by atoms with Crippen LogP contribution < -0.4 is 10.6 Å². The molecule has 0 bridgehead atoms. The van der Waals surface area contributed by atoms with Crippen molar-refractivity contribution in [1.29, 1.82) is 0 Å². The van der Waals surface area contributed by atoms with E-state index >= 15 is 0 Å². The van der Waals surface area contributed by atoms with Crippen LogP contribution in [-0.4, -0.2) is 11.5 Å². The fraction of sp³-hybridized carbons (Fsp3) is 0.345. The first-order chi connectivity index (χ1) is 15.7. The van der Waals surface area contributed by atoms with Crippen LogP contribution in [0.5, 0.6) is 0 Å². The molecule has 0 radical (unpaired) electrons. The van der Waals surface area contributed by atoms with Crippen LogP contribution in [0.3, 0.4) is 0 Å². The summed E-state index contributed by atoms with van der Waals surface area (Å²) in [7, 11) is 0. The molecule has 3 heteroatoms. The van der Waals surface area contributed by atoms with Crippen LogP contribution in [0.2, 0.25) is 0 Å². The Morgan fingerprint density at radius 3 is 2.56 bits per heavy atom. The molecule has 3 nitrogen and oxygen atoms in total. The van der Waals surface area contributed by atoms with Gasteiger partial charge >= 0.3 is 0 Å². The van der Waals surface area contributed by atoms with Gasteiger partial charge in [0, 0.05) is 41.3 Å². The van der Waals surface area contributed by atoms with Gasteiger partial charge in [0.1, 0.15) is 0 Å². The average Bonchev–Trinajstić information content (AvgIpc) is 2.86. The van der Waals surface area contributed by atoms with Gasteiger partial charge in [-0.25, -0.2) is 0 Å². The predicted molar refractivity (Wildman–Crippen MR) is 139 cm³/mol. The molecule has 0 unspecified atom stereocenters. The zero-order valence-electron chi connectivity index (χ0n) is 19.6. The minimum Gasteiger partial charge on any atom is -0.391 e. The largest absolute Gasteiger partial charge is 0.391 e. The van der Waals surface area contributed by atoms with E-state index in [0.29, 0.717) is 5.92 Å². The van der Waals surface area contributed by atoms with Crippen LogP contribution in [-0.2, 0) is 0 Å². The van der Waals surface area contributed by atoms with Crippen LogP contribution in [0.1, 0.15) is 75.6 Å². The van der Waals surface area contributed by atoms with Crippen molar-refractivity contribution in [3.05, 3.63) is 83.8 Å². The first kappa shape index (κ1) is 22.1. The maximum Gasteiger partial charge on any atom is 0.0441 e. The molecule has 32 heavy (non-hydrogen) atoms. The smallest absolute Gasteiger partial charge is 0.0441 e. The summed E-state index contributed by atoms with van der Waals surface area (Å²) in [6.07, 6.45) is 12.8. The van der Waals surface area contributed by atoms with Crippen LogP contribution >= 0.6 is 0 Å². The number of benzene rings is 2. The molecule has 0 spiro atoms. The maximum atomic E-state index is 4.71. The van der Waals surface area contributed by atoms with Crippen molar-refractivity contribution in [3.8, 4) is 0 Å². The summed E-state index contributed by atoms with van der Waals surface area (Å²) < 4.78 is 0. The lowest BCUT2D eigenvalue weighted by Gasteiger charge is -2.22. The Kier molecular flexibility index (Phi) is 7.26. The molecule has 1 fully saturated rings. The normalized spacial score (nSPS) is 15.7. The predicted octanol–water partition coefficient (Wildman–Crippen LogP) is 7.73. The third-order valence-corrected chi connectivity index (χ3v) is 6.50. The van der Waals surface area contributed by atoms with Crippen molar-refractivity contribution in [2.24, 2.45) is 0 Å². The van der Waals surface area contributed by atoms with Crippen molar-refractivity contribution < 1.29 is 0 Å². The van der Waals surface area contributed by atoms with E-state index in [9.17, 15) is 0 Å². The molecule has 0 atom stereocenters.